The van der Waals surface area contributed by atoms with Crippen LogP contribution in [0.25, 0.3) is 0 Å². The van der Waals surface area contributed by atoms with Crippen molar-refractivity contribution in [2.75, 3.05) is 0 Å². The predicted molar refractivity (Wildman–Crippen MR) is 81.2 cm³/mol. The van der Waals surface area contributed by atoms with Crippen LogP contribution in [0.15, 0.2) is 42.5 Å². The molecule has 2 aromatic carbocycles. The van der Waals surface area contributed by atoms with Crippen molar-refractivity contribution >= 4 is 12.6 Å². The first-order valence-corrected chi connectivity index (χ1v) is 6.77. The molecule has 3 nitrogen and oxygen atoms in total. The highest BCUT2D eigenvalue weighted by molar-refractivity contribution is 6.58. The predicted octanol–water partition coefficient (Wildman–Crippen LogP) is 1.82. The van der Waals surface area contributed by atoms with Crippen molar-refractivity contribution in [3.63, 3.8) is 0 Å². The van der Waals surface area contributed by atoms with Crippen molar-refractivity contribution in [1.29, 1.82) is 0 Å². The lowest BCUT2D eigenvalue weighted by Gasteiger charge is -2.10. The first-order valence-electron chi connectivity index (χ1n) is 6.77. The van der Waals surface area contributed by atoms with Crippen molar-refractivity contribution < 1.29 is 14.8 Å². The fourth-order valence-corrected chi connectivity index (χ4v) is 2.11. The third-order valence-corrected chi connectivity index (χ3v) is 3.38. The fraction of sp³-hybridized carbons (Fsp3) is 0.250. The Hall–Kier alpha value is -1.78. The minimum atomic E-state index is -1.42. The third kappa shape index (κ3) is 3.62. The molecule has 0 aliphatic carbocycles. The lowest BCUT2D eigenvalue weighted by molar-refractivity contribution is 0.306. The molecule has 20 heavy (non-hydrogen) atoms. The van der Waals surface area contributed by atoms with Crippen molar-refractivity contribution in [1.82, 2.24) is 0 Å². The molecule has 0 aliphatic heterocycles. The Kier molecular flexibility index (Phi) is 4.82. The van der Waals surface area contributed by atoms with Crippen LogP contribution in [-0.2, 0) is 13.0 Å². The van der Waals surface area contributed by atoms with Gasteiger partial charge in [0.05, 0.1) is 0 Å². The van der Waals surface area contributed by atoms with Crippen LogP contribution < -0.4 is 10.2 Å². The smallest absolute Gasteiger partial charge is 0.488 e. The second-order valence-electron chi connectivity index (χ2n) is 4.85. The van der Waals surface area contributed by atoms with Crippen molar-refractivity contribution in [3.05, 3.63) is 59.2 Å². The Balaban J connectivity index is 1.99. The molecule has 2 aromatic rings. The number of aryl methyl sites for hydroxylation is 2. The first-order chi connectivity index (χ1) is 9.60. The molecule has 2 N–H and O–H groups in total. The molecule has 4 heteroatoms. The average Bonchev–Trinajstić information content (AvgIpc) is 2.45. The molecule has 104 valence electrons. The second-order valence-corrected chi connectivity index (χ2v) is 4.85. The summed E-state index contributed by atoms with van der Waals surface area (Å²) in [6.07, 6.45) is 1.02. The SMILES string of the molecule is CCc1ccc(OCc2ccc(B(O)O)cc2)cc1C. The van der Waals surface area contributed by atoms with E-state index in [-0.39, 0.29) is 0 Å². The van der Waals surface area contributed by atoms with Crippen LogP contribution >= 0.6 is 0 Å². The van der Waals surface area contributed by atoms with E-state index < -0.39 is 7.12 Å². The van der Waals surface area contributed by atoms with Crippen LogP contribution in [0.4, 0.5) is 0 Å². The van der Waals surface area contributed by atoms with E-state index in [2.05, 4.69) is 19.9 Å². The molecule has 0 bridgehead atoms. The topological polar surface area (TPSA) is 49.7 Å². The summed E-state index contributed by atoms with van der Waals surface area (Å²) in [6.45, 7) is 4.69. The Bertz CT molecular complexity index is 564. The number of hydrogen-bond acceptors (Lipinski definition) is 3. The molecule has 0 heterocycles. The molecule has 0 fully saturated rings. The van der Waals surface area contributed by atoms with Gasteiger partial charge < -0.3 is 14.8 Å². The molecule has 0 saturated heterocycles. The van der Waals surface area contributed by atoms with E-state index in [0.717, 1.165) is 17.7 Å². The van der Waals surface area contributed by atoms with E-state index in [4.69, 9.17) is 14.8 Å². The maximum Gasteiger partial charge on any atom is 0.488 e. The van der Waals surface area contributed by atoms with Gasteiger partial charge in [-0.3, -0.25) is 0 Å². The van der Waals surface area contributed by atoms with Gasteiger partial charge in [0.25, 0.3) is 0 Å². The molecule has 0 atom stereocenters. The van der Waals surface area contributed by atoms with Gasteiger partial charge in [-0.05, 0) is 47.6 Å². The van der Waals surface area contributed by atoms with Crippen LogP contribution in [-0.4, -0.2) is 17.2 Å². The molecule has 0 radical (unpaired) electrons. The molecule has 2 rings (SSSR count). The summed E-state index contributed by atoms with van der Waals surface area (Å²) >= 11 is 0. The Morgan fingerprint density at radius 3 is 2.30 bits per heavy atom. The largest absolute Gasteiger partial charge is 0.489 e. The molecule has 0 unspecified atom stereocenters. The summed E-state index contributed by atoms with van der Waals surface area (Å²) in [4.78, 5) is 0. The lowest BCUT2D eigenvalue weighted by Crippen LogP contribution is -2.29. The molecule has 0 saturated carbocycles. The zero-order valence-corrected chi connectivity index (χ0v) is 11.8. The zero-order chi connectivity index (χ0) is 14.5. The van der Waals surface area contributed by atoms with Crippen LogP contribution in [0.5, 0.6) is 5.75 Å². The van der Waals surface area contributed by atoms with Gasteiger partial charge in [0.15, 0.2) is 0 Å². The fourth-order valence-electron chi connectivity index (χ4n) is 2.11. The lowest BCUT2D eigenvalue weighted by atomic mass is 9.80. The van der Waals surface area contributed by atoms with Gasteiger partial charge in [-0.25, -0.2) is 0 Å². The summed E-state index contributed by atoms with van der Waals surface area (Å²) < 4.78 is 5.75. The van der Waals surface area contributed by atoms with E-state index in [1.54, 1.807) is 12.1 Å². The quantitative estimate of drug-likeness (QED) is 0.815. The van der Waals surface area contributed by atoms with Crippen molar-refractivity contribution in [3.8, 4) is 5.75 Å². The van der Waals surface area contributed by atoms with Crippen LogP contribution in [0.2, 0.25) is 0 Å². The minimum absolute atomic E-state index is 0.465. The van der Waals surface area contributed by atoms with Gasteiger partial charge in [-0.1, -0.05) is 37.3 Å². The van der Waals surface area contributed by atoms with Crippen molar-refractivity contribution in [2.24, 2.45) is 0 Å². The van der Waals surface area contributed by atoms with Gasteiger partial charge in [-0.15, -0.1) is 0 Å². The van der Waals surface area contributed by atoms with Gasteiger partial charge in [0, 0.05) is 0 Å². The van der Waals surface area contributed by atoms with Gasteiger partial charge in [0.1, 0.15) is 12.4 Å². The van der Waals surface area contributed by atoms with E-state index in [0.29, 0.717) is 12.1 Å². The third-order valence-electron chi connectivity index (χ3n) is 3.38. The standard InChI is InChI=1S/C16H19BO3/c1-3-14-6-9-16(10-12(14)2)20-11-13-4-7-15(8-5-13)17(18)19/h4-10,18-19H,3,11H2,1-2H3. The van der Waals surface area contributed by atoms with Gasteiger partial charge in [-0.2, -0.15) is 0 Å². The monoisotopic (exact) mass is 270 g/mol. The highest BCUT2D eigenvalue weighted by Crippen LogP contribution is 2.18. The summed E-state index contributed by atoms with van der Waals surface area (Å²) in [5.41, 5.74) is 4.05. The molecule has 0 spiro atoms. The number of rotatable bonds is 5. The average molecular weight is 270 g/mol. The summed E-state index contributed by atoms with van der Waals surface area (Å²) in [7, 11) is -1.42. The van der Waals surface area contributed by atoms with Crippen LogP contribution in [0.3, 0.4) is 0 Å². The number of hydrogen-bond donors (Lipinski definition) is 2. The van der Waals surface area contributed by atoms with E-state index in [1.807, 2.05) is 24.3 Å². The zero-order valence-electron chi connectivity index (χ0n) is 11.8. The maximum atomic E-state index is 9.03. The normalized spacial score (nSPS) is 10.4. The molecule has 0 aliphatic rings. The van der Waals surface area contributed by atoms with Crippen molar-refractivity contribution in [2.45, 2.75) is 26.9 Å². The molecule has 0 amide bonds. The maximum absolute atomic E-state index is 9.03. The molecule has 0 aromatic heterocycles. The number of benzene rings is 2. The van der Waals surface area contributed by atoms with Gasteiger partial charge >= 0.3 is 7.12 Å². The van der Waals surface area contributed by atoms with Crippen LogP contribution in [0.1, 0.15) is 23.6 Å². The summed E-state index contributed by atoms with van der Waals surface area (Å²) in [6, 6.07) is 13.2. The Morgan fingerprint density at radius 2 is 1.75 bits per heavy atom. The first kappa shape index (κ1) is 14.6. The van der Waals surface area contributed by atoms with E-state index in [1.165, 1.54) is 11.1 Å². The highest BCUT2D eigenvalue weighted by Gasteiger charge is 2.09. The second kappa shape index (κ2) is 6.59. The Labute approximate surface area is 120 Å². The van der Waals surface area contributed by atoms with E-state index in [9.17, 15) is 0 Å². The summed E-state index contributed by atoms with van der Waals surface area (Å²) in [5.74, 6) is 0.853. The van der Waals surface area contributed by atoms with E-state index >= 15 is 0 Å². The number of ether oxygens (including phenoxy) is 1. The minimum Gasteiger partial charge on any atom is -0.489 e. The van der Waals surface area contributed by atoms with Crippen LogP contribution in [0, 0.1) is 6.92 Å². The van der Waals surface area contributed by atoms with Gasteiger partial charge in [0.2, 0.25) is 0 Å². The summed E-state index contributed by atoms with van der Waals surface area (Å²) in [5, 5.41) is 18.1. The highest BCUT2D eigenvalue weighted by atomic mass is 16.5. The molecular formula is C16H19BO3. The Morgan fingerprint density at radius 1 is 1.05 bits per heavy atom. The molecular weight excluding hydrogens is 251 g/mol.